The van der Waals surface area contributed by atoms with Gasteiger partial charge in [0.05, 0.1) is 25.3 Å². The Morgan fingerprint density at radius 1 is 1.09 bits per heavy atom. The van der Waals surface area contributed by atoms with E-state index in [1.165, 1.54) is 12.1 Å². The van der Waals surface area contributed by atoms with E-state index in [2.05, 4.69) is 10.1 Å². The number of hydrogen-bond acceptors (Lipinski definition) is 5. The van der Waals surface area contributed by atoms with Crippen LogP contribution >= 0.6 is 0 Å². The van der Waals surface area contributed by atoms with Crippen LogP contribution in [-0.4, -0.2) is 48.3 Å². The SMILES string of the molecule is Cc1ccc(C(=O)N(Cc2c(-c3ccc(F)cc3)noc2N2CCOCC2)C2CC2)cc1. The number of carbonyl (C=O) groups is 1. The highest BCUT2D eigenvalue weighted by Crippen LogP contribution is 2.37. The van der Waals surface area contributed by atoms with Gasteiger partial charge in [0, 0.05) is 30.3 Å². The van der Waals surface area contributed by atoms with Crippen molar-refractivity contribution in [2.45, 2.75) is 32.4 Å². The average molecular weight is 435 g/mol. The highest BCUT2D eigenvalue weighted by molar-refractivity contribution is 5.94. The number of anilines is 1. The van der Waals surface area contributed by atoms with Crippen LogP contribution < -0.4 is 4.90 Å². The first-order valence-electron chi connectivity index (χ1n) is 11.0. The Bertz CT molecular complexity index is 1080. The number of nitrogens with zero attached hydrogens (tertiary/aromatic N) is 3. The zero-order valence-electron chi connectivity index (χ0n) is 18.1. The Hall–Kier alpha value is -3.19. The molecule has 6 nitrogen and oxygen atoms in total. The molecule has 1 aliphatic heterocycles. The molecule has 1 aliphatic carbocycles. The molecule has 1 saturated carbocycles. The van der Waals surface area contributed by atoms with Gasteiger partial charge in [0.2, 0.25) is 5.88 Å². The van der Waals surface area contributed by atoms with Gasteiger partial charge in [0.25, 0.3) is 5.91 Å². The van der Waals surface area contributed by atoms with Crippen LogP contribution in [0.3, 0.4) is 0 Å². The lowest BCUT2D eigenvalue weighted by molar-refractivity contribution is 0.0729. The van der Waals surface area contributed by atoms with Gasteiger partial charge in [-0.25, -0.2) is 4.39 Å². The molecule has 1 amide bonds. The van der Waals surface area contributed by atoms with Crippen molar-refractivity contribution in [3.63, 3.8) is 0 Å². The predicted octanol–water partition coefficient (Wildman–Crippen LogP) is 4.43. The van der Waals surface area contributed by atoms with Gasteiger partial charge in [-0.1, -0.05) is 22.9 Å². The minimum absolute atomic E-state index is 0.00619. The summed E-state index contributed by atoms with van der Waals surface area (Å²) < 4.78 is 24.8. The van der Waals surface area contributed by atoms with Gasteiger partial charge in [0.1, 0.15) is 11.5 Å². The lowest BCUT2D eigenvalue weighted by Gasteiger charge is -2.28. The van der Waals surface area contributed by atoms with Crippen LogP contribution in [-0.2, 0) is 11.3 Å². The number of hydrogen-bond donors (Lipinski definition) is 0. The first-order valence-corrected chi connectivity index (χ1v) is 11.0. The topological polar surface area (TPSA) is 58.8 Å². The van der Waals surface area contributed by atoms with Crippen LogP contribution in [0.25, 0.3) is 11.3 Å². The summed E-state index contributed by atoms with van der Waals surface area (Å²) in [6.07, 6.45) is 1.98. The molecule has 1 saturated heterocycles. The Morgan fingerprint density at radius 2 is 1.78 bits per heavy atom. The molecule has 166 valence electrons. The third kappa shape index (κ3) is 4.25. The second-order valence-electron chi connectivity index (χ2n) is 8.45. The molecule has 7 heteroatoms. The van der Waals surface area contributed by atoms with Crippen LogP contribution in [0.2, 0.25) is 0 Å². The van der Waals surface area contributed by atoms with Gasteiger partial charge in [-0.2, -0.15) is 0 Å². The van der Waals surface area contributed by atoms with E-state index in [-0.39, 0.29) is 17.8 Å². The largest absolute Gasteiger partial charge is 0.378 e. The minimum atomic E-state index is -0.304. The van der Waals surface area contributed by atoms with E-state index < -0.39 is 0 Å². The molecule has 2 aromatic carbocycles. The Kier molecular flexibility index (Phi) is 5.66. The van der Waals surface area contributed by atoms with Gasteiger partial charge in [-0.15, -0.1) is 0 Å². The van der Waals surface area contributed by atoms with Gasteiger partial charge < -0.3 is 19.1 Å². The van der Waals surface area contributed by atoms with Crippen molar-refractivity contribution in [3.05, 3.63) is 71.0 Å². The van der Waals surface area contributed by atoms with E-state index in [1.54, 1.807) is 12.1 Å². The summed E-state index contributed by atoms with van der Waals surface area (Å²) in [7, 11) is 0. The molecule has 32 heavy (non-hydrogen) atoms. The van der Waals surface area contributed by atoms with Crippen LogP contribution in [0.1, 0.15) is 34.3 Å². The highest BCUT2D eigenvalue weighted by atomic mass is 19.1. The predicted molar refractivity (Wildman–Crippen MR) is 119 cm³/mol. The Morgan fingerprint density at radius 3 is 2.44 bits per heavy atom. The summed E-state index contributed by atoms with van der Waals surface area (Å²) in [4.78, 5) is 17.5. The maximum atomic E-state index is 13.5. The van der Waals surface area contributed by atoms with Gasteiger partial charge in [-0.05, 0) is 56.2 Å². The molecule has 0 bridgehead atoms. The molecule has 0 unspecified atom stereocenters. The van der Waals surface area contributed by atoms with E-state index in [1.807, 2.05) is 36.1 Å². The molecule has 0 atom stereocenters. The second-order valence-corrected chi connectivity index (χ2v) is 8.45. The number of aromatic nitrogens is 1. The maximum absolute atomic E-state index is 13.5. The summed E-state index contributed by atoms with van der Waals surface area (Å²) in [6, 6.07) is 14.1. The normalized spacial score (nSPS) is 16.2. The fraction of sp³-hybridized carbons (Fsp3) is 0.360. The minimum Gasteiger partial charge on any atom is -0.378 e. The fourth-order valence-electron chi connectivity index (χ4n) is 4.08. The number of rotatable bonds is 6. The van der Waals surface area contributed by atoms with E-state index in [9.17, 15) is 9.18 Å². The number of ether oxygens (including phenoxy) is 1. The number of halogens is 1. The summed E-state index contributed by atoms with van der Waals surface area (Å²) in [6.45, 7) is 5.01. The summed E-state index contributed by atoms with van der Waals surface area (Å²) >= 11 is 0. The summed E-state index contributed by atoms with van der Waals surface area (Å²) in [5.74, 6) is 0.364. The molecule has 0 N–H and O–H groups in total. The van der Waals surface area contributed by atoms with Gasteiger partial charge in [-0.3, -0.25) is 4.79 Å². The first-order chi connectivity index (χ1) is 15.6. The molecule has 2 aliphatic rings. The quantitative estimate of drug-likeness (QED) is 0.573. The molecule has 2 heterocycles. The lowest BCUT2D eigenvalue weighted by Crippen LogP contribution is -2.37. The van der Waals surface area contributed by atoms with Crippen LogP contribution in [0.4, 0.5) is 10.3 Å². The van der Waals surface area contributed by atoms with Crippen molar-refractivity contribution in [1.29, 1.82) is 0 Å². The van der Waals surface area contributed by atoms with E-state index >= 15 is 0 Å². The van der Waals surface area contributed by atoms with E-state index in [0.29, 0.717) is 50.0 Å². The van der Waals surface area contributed by atoms with Crippen molar-refractivity contribution in [3.8, 4) is 11.3 Å². The van der Waals surface area contributed by atoms with E-state index in [0.717, 1.165) is 29.5 Å². The molecular weight excluding hydrogens is 409 g/mol. The van der Waals surface area contributed by atoms with Crippen molar-refractivity contribution in [2.24, 2.45) is 0 Å². The fourth-order valence-corrected chi connectivity index (χ4v) is 4.08. The highest BCUT2D eigenvalue weighted by Gasteiger charge is 2.36. The molecular formula is C25H26FN3O3. The zero-order valence-corrected chi connectivity index (χ0v) is 18.1. The summed E-state index contributed by atoms with van der Waals surface area (Å²) in [5, 5.41) is 4.35. The van der Waals surface area contributed by atoms with Crippen LogP contribution in [0, 0.1) is 12.7 Å². The third-order valence-electron chi connectivity index (χ3n) is 6.06. The average Bonchev–Trinajstić information content (AvgIpc) is 3.58. The van der Waals surface area contributed by atoms with Crippen LogP contribution in [0.5, 0.6) is 0 Å². The number of carbonyl (C=O) groups excluding carboxylic acids is 1. The number of amides is 1. The smallest absolute Gasteiger partial charge is 0.254 e. The summed E-state index contributed by atoms with van der Waals surface area (Å²) in [5.41, 5.74) is 4.06. The number of benzene rings is 2. The van der Waals surface area contributed by atoms with Gasteiger partial charge >= 0.3 is 0 Å². The van der Waals surface area contributed by atoms with Crippen LogP contribution in [0.15, 0.2) is 53.1 Å². The van der Waals surface area contributed by atoms with Crippen molar-refractivity contribution >= 4 is 11.8 Å². The standard InChI is InChI=1S/C25H26FN3O3/c1-17-2-4-19(5-3-17)24(30)29(21-10-11-21)16-22-23(18-6-8-20(26)9-7-18)27-32-25(22)28-12-14-31-15-13-28/h2-9,21H,10-16H2,1H3. The van der Waals surface area contributed by atoms with Crippen molar-refractivity contribution < 1.29 is 18.4 Å². The zero-order chi connectivity index (χ0) is 22.1. The van der Waals surface area contributed by atoms with Gasteiger partial charge in [0.15, 0.2) is 0 Å². The first kappa shape index (κ1) is 20.7. The van der Waals surface area contributed by atoms with Crippen molar-refractivity contribution in [2.75, 3.05) is 31.2 Å². The number of morpholine rings is 1. The maximum Gasteiger partial charge on any atom is 0.254 e. The van der Waals surface area contributed by atoms with Crippen molar-refractivity contribution in [1.82, 2.24) is 10.1 Å². The lowest BCUT2D eigenvalue weighted by atomic mass is 10.1. The second kappa shape index (κ2) is 8.74. The molecule has 2 fully saturated rings. The molecule has 1 aromatic heterocycles. The molecule has 3 aromatic rings. The molecule has 5 rings (SSSR count). The molecule has 0 radical (unpaired) electrons. The Labute approximate surface area is 186 Å². The van der Waals surface area contributed by atoms with E-state index in [4.69, 9.17) is 9.26 Å². The molecule has 0 spiro atoms. The number of aryl methyl sites for hydroxylation is 1. The monoisotopic (exact) mass is 435 g/mol. The Balaban J connectivity index is 1.52. The third-order valence-corrected chi connectivity index (χ3v) is 6.06.